The van der Waals surface area contributed by atoms with E-state index in [1.54, 1.807) is 4.90 Å². The van der Waals surface area contributed by atoms with Crippen molar-refractivity contribution < 1.29 is 19.4 Å². The zero-order valence-electron chi connectivity index (χ0n) is 16.0. The van der Waals surface area contributed by atoms with Gasteiger partial charge in [-0.25, -0.2) is 4.79 Å². The lowest BCUT2D eigenvalue weighted by Gasteiger charge is -2.19. The molecule has 5 nitrogen and oxygen atoms in total. The van der Waals surface area contributed by atoms with Gasteiger partial charge in [-0.15, -0.1) is 0 Å². The molecule has 2 aliphatic rings. The van der Waals surface area contributed by atoms with E-state index < -0.39 is 18.0 Å². The molecule has 1 aliphatic heterocycles. The van der Waals surface area contributed by atoms with Crippen molar-refractivity contribution in [3.05, 3.63) is 59.7 Å². The van der Waals surface area contributed by atoms with E-state index in [0.717, 1.165) is 12.8 Å². The van der Waals surface area contributed by atoms with Gasteiger partial charge in [-0.1, -0.05) is 61.9 Å². The normalized spacial score (nSPS) is 20.7. The molecule has 2 unspecified atom stereocenters. The van der Waals surface area contributed by atoms with Crippen LogP contribution in [0.3, 0.4) is 0 Å². The molecule has 0 saturated carbocycles. The van der Waals surface area contributed by atoms with Crippen LogP contribution >= 0.6 is 0 Å². The molecule has 0 bridgehead atoms. The molecule has 1 saturated heterocycles. The number of hydrogen-bond acceptors (Lipinski definition) is 3. The van der Waals surface area contributed by atoms with Crippen LogP contribution in [0, 0.1) is 11.8 Å². The number of rotatable bonds is 5. The van der Waals surface area contributed by atoms with E-state index >= 15 is 0 Å². The maximum absolute atomic E-state index is 12.7. The quantitative estimate of drug-likeness (QED) is 0.838. The maximum atomic E-state index is 12.7. The third kappa shape index (κ3) is 3.26. The van der Waals surface area contributed by atoms with Crippen LogP contribution in [0.1, 0.15) is 36.8 Å². The Hall–Kier alpha value is -2.82. The van der Waals surface area contributed by atoms with Gasteiger partial charge in [0.2, 0.25) is 0 Å². The predicted octanol–water partition coefficient (Wildman–Crippen LogP) is 4.37. The summed E-state index contributed by atoms with van der Waals surface area (Å²) < 4.78 is 5.67. The topological polar surface area (TPSA) is 66.8 Å². The molecule has 1 amide bonds. The molecule has 2 atom stereocenters. The van der Waals surface area contributed by atoms with Crippen LogP contribution in [0.25, 0.3) is 11.1 Å². The number of carbonyl (C=O) groups is 2. The van der Waals surface area contributed by atoms with Gasteiger partial charge in [-0.3, -0.25) is 4.79 Å². The van der Waals surface area contributed by atoms with Crippen molar-refractivity contribution in [2.75, 3.05) is 19.7 Å². The van der Waals surface area contributed by atoms with Gasteiger partial charge >= 0.3 is 12.1 Å². The van der Waals surface area contributed by atoms with E-state index in [2.05, 4.69) is 24.3 Å². The Morgan fingerprint density at radius 3 is 2.21 bits per heavy atom. The Bertz CT molecular complexity index is 848. The van der Waals surface area contributed by atoms with Gasteiger partial charge in [0.25, 0.3) is 0 Å². The number of nitrogens with zero attached hydrogens (tertiary/aromatic N) is 1. The smallest absolute Gasteiger partial charge is 0.409 e. The lowest BCUT2D eigenvalue weighted by atomic mass is 9.92. The second kappa shape index (κ2) is 7.66. The number of aliphatic carboxylic acids is 1. The van der Waals surface area contributed by atoms with Crippen LogP contribution in [-0.2, 0) is 9.53 Å². The number of likely N-dealkylation sites (tertiary alicyclic amines) is 1. The number of amides is 1. The third-order valence-electron chi connectivity index (χ3n) is 6.01. The average Bonchev–Trinajstić information content (AvgIpc) is 3.26. The first-order valence-electron chi connectivity index (χ1n) is 9.92. The van der Waals surface area contributed by atoms with Crippen molar-refractivity contribution in [3.63, 3.8) is 0 Å². The molecular formula is C23H25NO4. The van der Waals surface area contributed by atoms with Crippen molar-refractivity contribution in [2.24, 2.45) is 11.8 Å². The van der Waals surface area contributed by atoms with E-state index in [1.807, 2.05) is 31.2 Å². The molecule has 28 heavy (non-hydrogen) atoms. The van der Waals surface area contributed by atoms with E-state index in [-0.39, 0.29) is 25.0 Å². The summed E-state index contributed by atoms with van der Waals surface area (Å²) in [6.45, 7) is 2.99. The SMILES string of the molecule is CCCC1CN(C(=O)OCC2c3ccccc3-c3ccccc32)CC1C(=O)O. The highest BCUT2D eigenvalue weighted by Gasteiger charge is 2.40. The Balaban J connectivity index is 1.46. The minimum Gasteiger partial charge on any atom is -0.481 e. The van der Waals surface area contributed by atoms with Gasteiger partial charge in [-0.2, -0.15) is 0 Å². The van der Waals surface area contributed by atoms with Crippen LogP contribution in [0.2, 0.25) is 0 Å². The number of hydrogen-bond donors (Lipinski definition) is 1. The molecule has 2 aromatic rings. The Morgan fingerprint density at radius 2 is 1.64 bits per heavy atom. The molecule has 1 aliphatic carbocycles. The lowest BCUT2D eigenvalue weighted by Crippen LogP contribution is -2.31. The molecule has 0 aromatic heterocycles. The standard InChI is InChI=1S/C23H25NO4/c1-2-7-15-12-24(13-20(15)22(25)26)23(27)28-14-21-18-10-5-3-8-16(18)17-9-4-6-11-19(17)21/h3-6,8-11,15,20-21H,2,7,12-14H2,1H3,(H,25,26). The summed E-state index contributed by atoms with van der Waals surface area (Å²) in [6.07, 6.45) is 1.31. The summed E-state index contributed by atoms with van der Waals surface area (Å²) in [6, 6.07) is 16.4. The summed E-state index contributed by atoms with van der Waals surface area (Å²) >= 11 is 0. The van der Waals surface area contributed by atoms with Gasteiger partial charge in [-0.05, 0) is 34.6 Å². The maximum Gasteiger partial charge on any atom is 0.409 e. The predicted molar refractivity (Wildman–Crippen MR) is 106 cm³/mol. The Morgan fingerprint density at radius 1 is 1.04 bits per heavy atom. The van der Waals surface area contributed by atoms with Crippen molar-refractivity contribution in [2.45, 2.75) is 25.7 Å². The fourth-order valence-electron chi connectivity index (χ4n) is 4.65. The first-order valence-corrected chi connectivity index (χ1v) is 9.92. The van der Waals surface area contributed by atoms with E-state index in [9.17, 15) is 14.7 Å². The first-order chi connectivity index (χ1) is 13.6. The molecule has 0 radical (unpaired) electrons. The van der Waals surface area contributed by atoms with Crippen molar-refractivity contribution >= 4 is 12.1 Å². The molecule has 4 rings (SSSR count). The number of carboxylic acids is 1. The summed E-state index contributed by atoms with van der Waals surface area (Å²) in [7, 11) is 0. The minimum absolute atomic E-state index is 0.00276. The summed E-state index contributed by atoms with van der Waals surface area (Å²) in [5, 5.41) is 9.45. The number of carboxylic acid groups (broad SMARTS) is 1. The van der Waals surface area contributed by atoms with Crippen molar-refractivity contribution in [1.29, 1.82) is 0 Å². The molecule has 1 heterocycles. The highest BCUT2D eigenvalue weighted by Crippen LogP contribution is 2.44. The van der Waals surface area contributed by atoms with Crippen molar-refractivity contribution in [3.8, 4) is 11.1 Å². The summed E-state index contributed by atoms with van der Waals surface area (Å²) in [5.41, 5.74) is 4.72. The third-order valence-corrected chi connectivity index (χ3v) is 6.01. The molecule has 146 valence electrons. The first kappa shape index (κ1) is 18.5. The second-order valence-electron chi connectivity index (χ2n) is 7.70. The summed E-state index contributed by atoms with van der Waals surface area (Å²) in [5.74, 6) is -1.31. The largest absolute Gasteiger partial charge is 0.481 e. The summed E-state index contributed by atoms with van der Waals surface area (Å²) in [4.78, 5) is 25.7. The van der Waals surface area contributed by atoms with Gasteiger partial charge in [0, 0.05) is 19.0 Å². The fraction of sp³-hybridized carbons (Fsp3) is 0.391. The van der Waals surface area contributed by atoms with Crippen LogP contribution in [0.15, 0.2) is 48.5 Å². The second-order valence-corrected chi connectivity index (χ2v) is 7.70. The Kier molecular flexibility index (Phi) is 5.07. The van der Waals surface area contributed by atoms with E-state index in [1.165, 1.54) is 22.3 Å². The average molecular weight is 379 g/mol. The van der Waals surface area contributed by atoms with E-state index in [0.29, 0.717) is 6.54 Å². The lowest BCUT2D eigenvalue weighted by molar-refractivity contribution is -0.142. The zero-order chi connectivity index (χ0) is 19.7. The highest BCUT2D eigenvalue weighted by atomic mass is 16.6. The number of carbonyl (C=O) groups excluding carboxylic acids is 1. The van der Waals surface area contributed by atoms with Gasteiger partial charge in [0.1, 0.15) is 6.61 Å². The van der Waals surface area contributed by atoms with E-state index in [4.69, 9.17) is 4.74 Å². The molecule has 1 fully saturated rings. The number of ether oxygens (including phenoxy) is 1. The zero-order valence-corrected chi connectivity index (χ0v) is 16.0. The van der Waals surface area contributed by atoms with Crippen LogP contribution in [0.4, 0.5) is 4.79 Å². The Labute approximate surface area is 164 Å². The van der Waals surface area contributed by atoms with Gasteiger partial charge in [0.05, 0.1) is 5.92 Å². The minimum atomic E-state index is -0.826. The molecule has 5 heteroatoms. The number of fused-ring (bicyclic) bond motifs is 3. The molecule has 0 spiro atoms. The number of benzene rings is 2. The van der Waals surface area contributed by atoms with Gasteiger partial charge in [0.15, 0.2) is 0 Å². The molecule has 1 N–H and O–H groups in total. The van der Waals surface area contributed by atoms with Crippen molar-refractivity contribution in [1.82, 2.24) is 4.90 Å². The van der Waals surface area contributed by atoms with Crippen LogP contribution in [0.5, 0.6) is 0 Å². The van der Waals surface area contributed by atoms with Crippen LogP contribution in [-0.4, -0.2) is 41.8 Å². The van der Waals surface area contributed by atoms with Crippen LogP contribution < -0.4 is 0 Å². The van der Waals surface area contributed by atoms with Gasteiger partial charge < -0.3 is 14.7 Å². The highest BCUT2D eigenvalue weighted by molar-refractivity contribution is 5.79. The fourth-order valence-corrected chi connectivity index (χ4v) is 4.65. The monoisotopic (exact) mass is 379 g/mol. The molecular weight excluding hydrogens is 354 g/mol. The molecule has 2 aromatic carbocycles.